The molecule has 0 heterocycles. The van der Waals surface area contributed by atoms with E-state index in [1.165, 1.54) is 0 Å². The highest BCUT2D eigenvalue weighted by Gasteiger charge is 2.03. The maximum Gasteiger partial charge on any atom is 0.122 e. The van der Waals surface area contributed by atoms with Crippen LogP contribution in [0, 0.1) is 0 Å². The zero-order chi connectivity index (χ0) is 13.9. The summed E-state index contributed by atoms with van der Waals surface area (Å²) < 4.78 is 15.8. The normalized spacial score (nSPS) is 10.7. The Kier molecular flexibility index (Phi) is 8.58. The van der Waals surface area contributed by atoms with Gasteiger partial charge < -0.3 is 19.5 Å². The molecule has 0 atom stereocenters. The third kappa shape index (κ3) is 6.78. The van der Waals surface area contributed by atoms with E-state index in [9.17, 15) is 0 Å². The first kappa shape index (κ1) is 16.2. The largest absolute Gasteiger partial charge is 0.496 e. The van der Waals surface area contributed by atoms with Gasteiger partial charge in [-0.05, 0) is 30.2 Å². The number of methoxy groups -OCH3 is 2. The topological polar surface area (TPSA) is 39.7 Å². The Labute approximate surface area is 120 Å². The lowest BCUT2D eigenvalue weighted by Gasteiger charge is -2.09. The summed E-state index contributed by atoms with van der Waals surface area (Å²) in [5.74, 6) is 0.853. The maximum absolute atomic E-state index is 5.97. The van der Waals surface area contributed by atoms with E-state index in [1.54, 1.807) is 14.2 Å². The van der Waals surface area contributed by atoms with E-state index in [-0.39, 0.29) is 0 Å². The predicted molar refractivity (Wildman–Crippen MR) is 77.3 cm³/mol. The van der Waals surface area contributed by atoms with Crippen LogP contribution < -0.4 is 10.1 Å². The number of ether oxygens (including phenoxy) is 3. The summed E-state index contributed by atoms with van der Waals surface area (Å²) >= 11 is 5.97. The van der Waals surface area contributed by atoms with Gasteiger partial charge in [0.1, 0.15) is 5.75 Å². The van der Waals surface area contributed by atoms with Crippen LogP contribution in [0.5, 0.6) is 5.75 Å². The molecule has 0 aliphatic rings. The van der Waals surface area contributed by atoms with Crippen molar-refractivity contribution in [3.8, 4) is 5.75 Å². The average molecular weight is 288 g/mol. The summed E-state index contributed by atoms with van der Waals surface area (Å²) in [6.07, 6.45) is 0.793. The summed E-state index contributed by atoms with van der Waals surface area (Å²) in [5, 5.41) is 3.94. The van der Waals surface area contributed by atoms with Crippen molar-refractivity contribution in [3.63, 3.8) is 0 Å². The van der Waals surface area contributed by atoms with Crippen LogP contribution in [0.2, 0.25) is 5.02 Å². The van der Waals surface area contributed by atoms with E-state index < -0.39 is 0 Å². The third-order valence-electron chi connectivity index (χ3n) is 2.66. The van der Waals surface area contributed by atoms with Crippen molar-refractivity contribution >= 4 is 11.6 Å². The SMILES string of the molecule is COCCNCCOCCc1cc(Cl)ccc1OC. The number of hydrogen-bond donors (Lipinski definition) is 1. The molecule has 0 radical (unpaired) electrons. The molecule has 5 heteroatoms. The van der Waals surface area contributed by atoms with Gasteiger partial charge in [-0.15, -0.1) is 0 Å². The monoisotopic (exact) mass is 287 g/mol. The molecule has 0 amide bonds. The highest BCUT2D eigenvalue weighted by atomic mass is 35.5. The summed E-state index contributed by atoms with van der Waals surface area (Å²) in [5.41, 5.74) is 1.07. The molecule has 1 aromatic rings. The van der Waals surface area contributed by atoms with E-state index in [0.29, 0.717) is 13.2 Å². The zero-order valence-electron chi connectivity index (χ0n) is 11.6. The van der Waals surface area contributed by atoms with Gasteiger partial charge in [0.2, 0.25) is 0 Å². The molecule has 1 rings (SSSR count). The average Bonchev–Trinajstić information content (AvgIpc) is 2.42. The summed E-state index contributed by atoms with van der Waals surface area (Å²) in [4.78, 5) is 0. The highest BCUT2D eigenvalue weighted by molar-refractivity contribution is 6.30. The molecule has 1 aromatic carbocycles. The van der Waals surface area contributed by atoms with Crippen LogP contribution >= 0.6 is 11.6 Å². The third-order valence-corrected chi connectivity index (χ3v) is 2.90. The lowest BCUT2D eigenvalue weighted by Crippen LogP contribution is -2.23. The molecule has 0 aliphatic carbocycles. The first-order valence-electron chi connectivity index (χ1n) is 6.37. The number of nitrogens with one attached hydrogen (secondary N) is 1. The minimum atomic E-state index is 0.655. The zero-order valence-corrected chi connectivity index (χ0v) is 12.3. The van der Waals surface area contributed by atoms with Crippen molar-refractivity contribution in [2.24, 2.45) is 0 Å². The van der Waals surface area contributed by atoms with Gasteiger partial charge in [0.05, 0.1) is 26.9 Å². The number of halogens is 1. The Bertz CT molecular complexity index is 361. The number of benzene rings is 1. The first-order valence-corrected chi connectivity index (χ1v) is 6.75. The Morgan fingerprint density at radius 1 is 1.11 bits per heavy atom. The molecular weight excluding hydrogens is 266 g/mol. The van der Waals surface area contributed by atoms with Crippen LogP contribution in [0.1, 0.15) is 5.56 Å². The van der Waals surface area contributed by atoms with Crippen LogP contribution in [0.25, 0.3) is 0 Å². The van der Waals surface area contributed by atoms with E-state index in [2.05, 4.69) is 5.32 Å². The molecule has 4 nitrogen and oxygen atoms in total. The second-order valence-electron chi connectivity index (χ2n) is 4.06. The smallest absolute Gasteiger partial charge is 0.122 e. The molecule has 19 heavy (non-hydrogen) atoms. The Hall–Kier alpha value is -0.810. The van der Waals surface area contributed by atoms with Crippen molar-refractivity contribution in [3.05, 3.63) is 28.8 Å². The minimum absolute atomic E-state index is 0.655. The van der Waals surface area contributed by atoms with Crippen LogP contribution in [0.4, 0.5) is 0 Å². The maximum atomic E-state index is 5.97. The van der Waals surface area contributed by atoms with Gasteiger partial charge in [-0.2, -0.15) is 0 Å². The van der Waals surface area contributed by atoms with Crippen molar-refractivity contribution in [2.45, 2.75) is 6.42 Å². The Morgan fingerprint density at radius 3 is 2.63 bits per heavy atom. The van der Waals surface area contributed by atoms with Gasteiger partial charge in [0, 0.05) is 25.2 Å². The van der Waals surface area contributed by atoms with Gasteiger partial charge in [0.25, 0.3) is 0 Å². The van der Waals surface area contributed by atoms with E-state index in [4.69, 9.17) is 25.8 Å². The fourth-order valence-electron chi connectivity index (χ4n) is 1.67. The lowest BCUT2D eigenvalue weighted by molar-refractivity contribution is 0.135. The minimum Gasteiger partial charge on any atom is -0.496 e. The number of rotatable bonds is 10. The van der Waals surface area contributed by atoms with E-state index >= 15 is 0 Å². The fourth-order valence-corrected chi connectivity index (χ4v) is 1.86. The molecule has 0 spiro atoms. The fraction of sp³-hybridized carbons (Fsp3) is 0.571. The summed E-state index contributed by atoms with van der Waals surface area (Å²) in [7, 11) is 3.35. The van der Waals surface area contributed by atoms with Crippen LogP contribution in [-0.4, -0.2) is 47.1 Å². The van der Waals surface area contributed by atoms with Gasteiger partial charge in [-0.1, -0.05) is 11.6 Å². The Balaban J connectivity index is 2.17. The molecule has 0 aliphatic heterocycles. The molecule has 108 valence electrons. The van der Waals surface area contributed by atoms with Crippen molar-refractivity contribution < 1.29 is 14.2 Å². The summed E-state index contributed by atoms with van der Waals surface area (Å²) in [6, 6.07) is 5.62. The molecule has 1 N–H and O–H groups in total. The van der Waals surface area contributed by atoms with Crippen molar-refractivity contribution in [1.29, 1.82) is 0 Å². The summed E-state index contributed by atoms with van der Waals surface area (Å²) in [6.45, 7) is 3.74. The van der Waals surface area contributed by atoms with Gasteiger partial charge in [-0.3, -0.25) is 0 Å². The first-order chi connectivity index (χ1) is 9.27. The molecule has 0 fully saturated rings. The van der Waals surface area contributed by atoms with Crippen molar-refractivity contribution in [1.82, 2.24) is 5.32 Å². The molecule has 0 saturated heterocycles. The van der Waals surface area contributed by atoms with Gasteiger partial charge >= 0.3 is 0 Å². The van der Waals surface area contributed by atoms with Crippen molar-refractivity contribution in [2.75, 3.05) is 47.1 Å². The van der Waals surface area contributed by atoms with Crippen LogP contribution in [0.15, 0.2) is 18.2 Å². The van der Waals surface area contributed by atoms with Gasteiger partial charge in [0.15, 0.2) is 0 Å². The standard InChI is InChI=1S/C14H22ClNO3/c1-17-9-6-16-7-10-19-8-5-12-11-13(15)3-4-14(12)18-2/h3-4,11,16H,5-10H2,1-2H3. The van der Waals surface area contributed by atoms with Crippen LogP contribution in [0.3, 0.4) is 0 Å². The second kappa shape index (κ2) is 10.0. The number of hydrogen-bond acceptors (Lipinski definition) is 4. The Morgan fingerprint density at radius 2 is 1.89 bits per heavy atom. The lowest BCUT2D eigenvalue weighted by atomic mass is 10.1. The van der Waals surface area contributed by atoms with E-state index in [0.717, 1.165) is 42.5 Å². The van der Waals surface area contributed by atoms with E-state index in [1.807, 2.05) is 18.2 Å². The molecule has 0 unspecified atom stereocenters. The second-order valence-corrected chi connectivity index (χ2v) is 4.50. The molecule has 0 aromatic heterocycles. The molecule has 0 bridgehead atoms. The molecule has 0 saturated carbocycles. The van der Waals surface area contributed by atoms with Crippen LogP contribution in [-0.2, 0) is 15.9 Å². The quantitative estimate of drug-likeness (QED) is 0.669. The van der Waals surface area contributed by atoms with Gasteiger partial charge in [-0.25, -0.2) is 0 Å². The predicted octanol–water partition coefficient (Wildman–Crippen LogP) is 2.14. The highest BCUT2D eigenvalue weighted by Crippen LogP contribution is 2.22. The molecular formula is C14H22ClNO3.